The molecule has 2 unspecified atom stereocenters. The van der Waals surface area contributed by atoms with Gasteiger partial charge in [0.15, 0.2) is 0 Å². The van der Waals surface area contributed by atoms with Gasteiger partial charge in [-0.1, -0.05) is 6.92 Å². The van der Waals surface area contributed by atoms with Crippen molar-refractivity contribution in [2.45, 2.75) is 31.9 Å². The van der Waals surface area contributed by atoms with Gasteiger partial charge >= 0.3 is 0 Å². The van der Waals surface area contributed by atoms with E-state index in [-0.39, 0.29) is 6.04 Å². The predicted octanol–water partition coefficient (Wildman–Crippen LogP) is 1.72. The summed E-state index contributed by atoms with van der Waals surface area (Å²) in [5, 5.41) is 12.8. The lowest BCUT2D eigenvalue weighted by molar-refractivity contribution is 0.0588. The molecule has 0 saturated heterocycles. The van der Waals surface area contributed by atoms with Gasteiger partial charge in [0.05, 0.1) is 25.0 Å². The molecule has 92 valence electrons. The normalized spacial score (nSPS) is 14.9. The summed E-state index contributed by atoms with van der Waals surface area (Å²) in [6.45, 7) is 3.24. The lowest BCUT2D eigenvalue weighted by Gasteiger charge is -2.16. The molecule has 2 N–H and O–H groups in total. The van der Waals surface area contributed by atoms with Gasteiger partial charge in [0.25, 0.3) is 0 Å². The zero-order valence-corrected chi connectivity index (χ0v) is 9.98. The minimum Gasteiger partial charge on any atom is -0.468 e. The molecule has 1 heterocycles. The first kappa shape index (κ1) is 13.2. The maximum absolute atomic E-state index is 9.48. The zero-order valence-electron chi connectivity index (χ0n) is 9.98. The Balaban J connectivity index is 2.25. The van der Waals surface area contributed by atoms with Gasteiger partial charge in [-0.15, -0.1) is 0 Å². The highest BCUT2D eigenvalue weighted by Gasteiger charge is 2.11. The summed E-state index contributed by atoms with van der Waals surface area (Å²) >= 11 is 0. The molecule has 0 bridgehead atoms. The number of methoxy groups -OCH3 is 1. The molecule has 0 aliphatic carbocycles. The first-order valence-electron chi connectivity index (χ1n) is 5.71. The standard InChI is InChI=1S/C12H21NO3/c1-3-11(12-5-4-8-16-12)13-7-6-10(14)9-15-2/h4-5,8,10-11,13-14H,3,6-7,9H2,1-2H3. The van der Waals surface area contributed by atoms with Crippen LogP contribution in [0.4, 0.5) is 0 Å². The topological polar surface area (TPSA) is 54.6 Å². The molecule has 0 spiro atoms. The predicted molar refractivity (Wildman–Crippen MR) is 62.2 cm³/mol. The van der Waals surface area contributed by atoms with Crippen LogP contribution in [0, 0.1) is 0 Å². The van der Waals surface area contributed by atoms with Crippen LogP contribution in [0.2, 0.25) is 0 Å². The highest BCUT2D eigenvalue weighted by atomic mass is 16.5. The Morgan fingerprint density at radius 2 is 2.38 bits per heavy atom. The largest absolute Gasteiger partial charge is 0.468 e. The number of nitrogens with one attached hydrogen (secondary N) is 1. The van der Waals surface area contributed by atoms with E-state index in [1.807, 2.05) is 12.1 Å². The van der Waals surface area contributed by atoms with E-state index in [4.69, 9.17) is 9.15 Å². The van der Waals surface area contributed by atoms with Gasteiger partial charge in [-0.3, -0.25) is 0 Å². The molecule has 0 saturated carbocycles. The second-order valence-corrected chi connectivity index (χ2v) is 3.83. The highest BCUT2D eigenvalue weighted by molar-refractivity contribution is 5.03. The number of furan rings is 1. The van der Waals surface area contributed by atoms with Crippen LogP contribution >= 0.6 is 0 Å². The molecule has 4 heteroatoms. The van der Waals surface area contributed by atoms with E-state index >= 15 is 0 Å². The van der Waals surface area contributed by atoms with E-state index in [0.29, 0.717) is 13.0 Å². The number of aliphatic hydroxyl groups is 1. The monoisotopic (exact) mass is 227 g/mol. The molecule has 0 aliphatic rings. The molecule has 0 radical (unpaired) electrons. The van der Waals surface area contributed by atoms with Crippen LogP contribution in [0.3, 0.4) is 0 Å². The maximum Gasteiger partial charge on any atom is 0.120 e. The van der Waals surface area contributed by atoms with Crippen LogP contribution in [0.15, 0.2) is 22.8 Å². The van der Waals surface area contributed by atoms with Crippen LogP contribution in [0.5, 0.6) is 0 Å². The quantitative estimate of drug-likeness (QED) is 0.710. The minimum atomic E-state index is -0.397. The van der Waals surface area contributed by atoms with Crippen LogP contribution < -0.4 is 5.32 Å². The van der Waals surface area contributed by atoms with Crippen molar-refractivity contribution in [1.82, 2.24) is 5.32 Å². The molecule has 2 atom stereocenters. The van der Waals surface area contributed by atoms with Crippen molar-refractivity contribution < 1.29 is 14.3 Å². The van der Waals surface area contributed by atoms with E-state index in [1.54, 1.807) is 13.4 Å². The number of ether oxygens (including phenoxy) is 1. The molecule has 0 fully saturated rings. The molecule has 1 rings (SSSR count). The third-order valence-corrected chi connectivity index (χ3v) is 2.52. The average Bonchev–Trinajstić information content (AvgIpc) is 2.78. The zero-order chi connectivity index (χ0) is 11.8. The summed E-state index contributed by atoms with van der Waals surface area (Å²) in [7, 11) is 1.59. The van der Waals surface area contributed by atoms with Crippen molar-refractivity contribution in [2.24, 2.45) is 0 Å². The second kappa shape index (κ2) is 7.44. The number of rotatable bonds is 8. The van der Waals surface area contributed by atoms with Crippen LogP contribution in [0.1, 0.15) is 31.6 Å². The summed E-state index contributed by atoms with van der Waals surface area (Å²) in [6.07, 6.45) is 2.94. The number of hydrogen-bond acceptors (Lipinski definition) is 4. The van der Waals surface area contributed by atoms with Crippen molar-refractivity contribution in [1.29, 1.82) is 0 Å². The van der Waals surface area contributed by atoms with Gasteiger partial charge in [-0.05, 0) is 31.5 Å². The van der Waals surface area contributed by atoms with Gasteiger partial charge in [0.2, 0.25) is 0 Å². The van der Waals surface area contributed by atoms with Crippen molar-refractivity contribution in [3.05, 3.63) is 24.2 Å². The Kier molecular flexibility index (Phi) is 6.15. The molecule has 1 aromatic heterocycles. The van der Waals surface area contributed by atoms with Crippen LogP contribution in [-0.4, -0.2) is 31.5 Å². The Hall–Kier alpha value is -0.840. The molecule has 4 nitrogen and oxygen atoms in total. The smallest absolute Gasteiger partial charge is 0.120 e. The lowest BCUT2D eigenvalue weighted by atomic mass is 10.1. The summed E-state index contributed by atoms with van der Waals surface area (Å²) in [5.41, 5.74) is 0. The highest BCUT2D eigenvalue weighted by Crippen LogP contribution is 2.16. The molecule has 1 aromatic rings. The first-order chi connectivity index (χ1) is 7.77. The van der Waals surface area contributed by atoms with Crippen LogP contribution in [0.25, 0.3) is 0 Å². The summed E-state index contributed by atoms with van der Waals surface area (Å²) in [4.78, 5) is 0. The lowest BCUT2D eigenvalue weighted by Crippen LogP contribution is -2.26. The van der Waals surface area contributed by atoms with Gasteiger partial charge in [0, 0.05) is 7.11 Å². The van der Waals surface area contributed by atoms with E-state index in [2.05, 4.69) is 12.2 Å². The Morgan fingerprint density at radius 1 is 1.56 bits per heavy atom. The fourth-order valence-electron chi connectivity index (χ4n) is 1.64. The van der Waals surface area contributed by atoms with Gasteiger partial charge in [-0.2, -0.15) is 0 Å². The Morgan fingerprint density at radius 3 is 2.94 bits per heavy atom. The fraction of sp³-hybridized carbons (Fsp3) is 0.667. The summed E-state index contributed by atoms with van der Waals surface area (Å²) in [5.74, 6) is 0.948. The molecule has 0 aliphatic heterocycles. The molecular weight excluding hydrogens is 206 g/mol. The van der Waals surface area contributed by atoms with Crippen molar-refractivity contribution >= 4 is 0 Å². The van der Waals surface area contributed by atoms with E-state index in [0.717, 1.165) is 18.7 Å². The Bertz CT molecular complexity index is 261. The third kappa shape index (κ3) is 4.35. The van der Waals surface area contributed by atoms with Gasteiger partial charge in [-0.25, -0.2) is 0 Å². The molecule has 0 amide bonds. The third-order valence-electron chi connectivity index (χ3n) is 2.52. The van der Waals surface area contributed by atoms with Crippen LogP contribution in [-0.2, 0) is 4.74 Å². The number of aliphatic hydroxyl groups excluding tert-OH is 1. The minimum absolute atomic E-state index is 0.227. The van der Waals surface area contributed by atoms with Crippen molar-refractivity contribution in [3.63, 3.8) is 0 Å². The molecule has 0 aromatic carbocycles. The average molecular weight is 227 g/mol. The van der Waals surface area contributed by atoms with Gasteiger partial charge < -0.3 is 19.6 Å². The second-order valence-electron chi connectivity index (χ2n) is 3.83. The van der Waals surface area contributed by atoms with Crippen molar-refractivity contribution in [3.8, 4) is 0 Å². The van der Waals surface area contributed by atoms with E-state index in [9.17, 15) is 5.11 Å². The summed E-state index contributed by atoms with van der Waals surface area (Å²) in [6, 6.07) is 4.08. The number of hydrogen-bond donors (Lipinski definition) is 2. The SMILES string of the molecule is CCC(NCCC(O)COC)c1ccco1. The molecule has 16 heavy (non-hydrogen) atoms. The fourth-order valence-corrected chi connectivity index (χ4v) is 1.64. The molecular formula is C12H21NO3. The van der Waals surface area contributed by atoms with E-state index in [1.165, 1.54) is 0 Å². The van der Waals surface area contributed by atoms with E-state index < -0.39 is 6.10 Å². The Labute approximate surface area is 96.6 Å². The first-order valence-corrected chi connectivity index (χ1v) is 5.71. The summed E-state index contributed by atoms with van der Waals surface area (Å²) < 4.78 is 10.2. The van der Waals surface area contributed by atoms with Gasteiger partial charge in [0.1, 0.15) is 5.76 Å². The maximum atomic E-state index is 9.48. The van der Waals surface area contributed by atoms with Crippen molar-refractivity contribution in [2.75, 3.05) is 20.3 Å².